The van der Waals surface area contributed by atoms with E-state index < -0.39 is 5.76 Å². The van der Waals surface area contributed by atoms with Crippen LogP contribution in [-0.4, -0.2) is 20.1 Å². The van der Waals surface area contributed by atoms with Crippen LogP contribution < -0.4 is 5.76 Å². The van der Waals surface area contributed by atoms with Crippen LogP contribution in [0.4, 0.5) is 0 Å². The molecule has 1 N–H and O–H groups in total. The van der Waals surface area contributed by atoms with Gasteiger partial charge in [0.05, 0.1) is 0 Å². The minimum absolute atomic E-state index is 0.159. The Labute approximate surface area is 76.6 Å². The van der Waals surface area contributed by atoms with E-state index in [4.69, 9.17) is 11.6 Å². The van der Waals surface area contributed by atoms with Gasteiger partial charge >= 0.3 is 5.76 Å². The van der Waals surface area contributed by atoms with Gasteiger partial charge in [-0.3, -0.25) is 9.51 Å². The van der Waals surface area contributed by atoms with Crippen LogP contribution >= 0.6 is 11.6 Å². The van der Waals surface area contributed by atoms with Crippen LogP contribution in [0.25, 0.3) is 11.5 Å². The summed E-state index contributed by atoms with van der Waals surface area (Å²) in [6.07, 6.45) is 2.87. The van der Waals surface area contributed by atoms with Gasteiger partial charge in [0.1, 0.15) is 5.69 Å². The summed E-state index contributed by atoms with van der Waals surface area (Å²) in [7, 11) is 0. The molecule has 0 aromatic carbocycles. The molecule has 6 nitrogen and oxygen atoms in total. The van der Waals surface area contributed by atoms with Gasteiger partial charge in [0, 0.05) is 12.4 Å². The molecule has 0 fully saturated rings. The van der Waals surface area contributed by atoms with E-state index in [1.165, 1.54) is 12.4 Å². The number of rotatable bonds is 1. The third kappa shape index (κ3) is 1.43. The van der Waals surface area contributed by atoms with Gasteiger partial charge < -0.3 is 0 Å². The number of nitrogens with zero attached hydrogens (tertiary/aromatic N) is 3. The third-order valence-corrected chi connectivity index (χ3v) is 1.59. The number of H-pyrrole nitrogens is 1. The van der Waals surface area contributed by atoms with Crippen LogP contribution in [0.3, 0.4) is 0 Å². The Morgan fingerprint density at radius 3 is 2.77 bits per heavy atom. The molecule has 7 heteroatoms. The molecule has 2 rings (SSSR count). The molecule has 2 heterocycles. The first-order chi connectivity index (χ1) is 6.27. The highest BCUT2D eigenvalue weighted by atomic mass is 35.5. The number of nitrogens with one attached hydrogen (secondary N) is 1. The maximum atomic E-state index is 10.6. The second kappa shape index (κ2) is 2.98. The fourth-order valence-corrected chi connectivity index (χ4v) is 1.01. The average molecular weight is 199 g/mol. The largest absolute Gasteiger partial charge is 0.439 e. The van der Waals surface area contributed by atoms with Crippen molar-refractivity contribution in [3.8, 4) is 11.5 Å². The van der Waals surface area contributed by atoms with Gasteiger partial charge in [0.2, 0.25) is 5.82 Å². The Hall–Kier alpha value is -1.69. The van der Waals surface area contributed by atoms with E-state index in [0.29, 0.717) is 0 Å². The summed E-state index contributed by atoms with van der Waals surface area (Å²) in [5, 5.41) is 3.58. The van der Waals surface area contributed by atoms with Crippen LogP contribution in [0.2, 0.25) is 5.15 Å². The van der Waals surface area contributed by atoms with Gasteiger partial charge in [-0.05, 0) is 0 Å². The van der Waals surface area contributed by atoms with E-state index in [0.717, 1.165) is 0 Å². The summed E-state index contributed by atoms with van der Waals surface area (Å²) in [6.45, 7) is 0. The second-order valence-corrected chi connectivity index (χ2v) is 2.50. The normalized spacial score (nSPS) is 10.2. The average Bonchev–Trinajstić information content (AvgIpc) is 2.53. The number of aromatic nitrogens is 4. The molecule has 0 unspecified atom stereocenters. The summed E-state index contributed by atoms with van der Waals surface area (Å²) in [6, 6.07) is 0. The van der Waals surface area contributed by atoms with Crippen molar-refractivity contribution in [2.24, 2.45) is 0 Å². The number of hydrogen-bond donors (Lipinski definition) is 1. The van der Waals surface area contributed by atoms with Crippen molar-refractivity contribution in [3.05, 3.63) is 28.1 Å². The molecule has 0 atom stereocenters. The van der Waals surface area contributed by atoms with E-state index >= 15 is 0 Å². The lowest BCUT2D eigenvalue weighted by molar-refractivity contribution is 0.387. The Morgan fingerprint density at radius 1 is 1.38 bits per heavy atom. The van der Waals surface area contributed by atoms with E-state index in [-0.39, 0.29) is 16.7 Å². The highest BCUT2D eigenvalue weighted by Gasteiger charge is 2.09. The van der Waals surface area contributed by atoms with Crippen molar-refractivity contribution >= 4 is 11.6 Å². The summed E-state index contributed by atoms with van der Waals surface area (Å²) < 4.78 is 4.29. The molecule has 2 aromatic heterocycles. The SMILES string of the molecule is O=c1[nH]c(-c2nccnc2Cl)no1. The predicted octanol–water partition coefficient (Wildman–Crippen LogP) is 0.473. The van der Waals surface area contributed by atoms with Gasteiger partial charge in [0.25, 0.3) is 0 Å². The fraction of sp³-hybridized carbons (Fsp3) is 0. The number of halogens is 1. The molecule has 0 aliphatic rings. The van der Waals surface area contributed by atoms with E-state index in [1.807, 2.05) is 0 Å². The zero-order valence-electron chi connectivity index (χ0n) is 6.19. The smallest absolute Gasteiger partial charge is 0.296 e. The zero-order valence-corrected chi connectivity index (χ0v) is 6.95. The van der Waals surface area contributed by atoms with Crippen molar-refractivity contribution < 1.29 is 4.52 Å². The quantitative estimate of drug-likeness (QED) is 0.720. The van der Waals surface area contributed by atoms with E-state index in [1.54, 1.807) is 0 Å². The molecule has 0 spiro atoms. The maximum absolute atomic E-state index is 10.6. The lowest BCUT2D eigenvalue weighted by Crippen LogP contribution is -1.96. The minimum Gasteiger partial charge on any atom is -0.296 e. The topological polar surface area (TPSA) is 84.7 Å². The highest BCUT2D eigenvalue weighted by molar-refractivity contribution is 6.31. The van der Waals surface area contributed by atoms with Crippen LogP contribution in [0.5, 0.6) is 0 Å². The number of aromatic amines is 1. The minimum atomic E-state index is -0.656. The molecule has 0 radical (unpaired) electrons. The molecule has 0 saturated heterocycles. The van der Waals surface area contributed by atoms with Gasteiger partial charge in [-0.25, -0.2) is 14.8 Å². The summed E-state index contributed by atoms with van der Waals surface area (Å²) in [5.74, 6) is -0.486. The Morgan fingerprint density at radius 2 is 2.15 bits per heavy atom. The van der Waals surface area contributed by atoms with Gasteiger partial charge in [-0.15, -0.1) is 0 Å². The monoisotopic (exact) mass is 198 g/mol. The zero-order chi connectivity index (χ0) is 9.26. The molecule has 0 aliphatic heterocycles. The maximum Gasteiger partial charge on any atom is 0.439 e. The molecule has 0 bridgehead atoms. The summed E-state index contributed by atoms with van der Waals surface area (Å²) in [5.41, 5.74) is 0.287. The number of hydrogen-bond acceptors (Lipinski definition) is 5. The van der Waals surface area contributed by atoms with E-state index in [9.17, 15) is 4.79 Å². The van der Waals surface area contributed by atoms with Crippen molar-refractivity contribution in [1.82, 2.24) is 20.1 Å². The third-order valence-electron chi connectivity index (χ3n) is 1.32. The summed E-state index contributed by atoms with van der Waals surface area (Å²) in [4.78, 5) is 20.6. The Balaban J connectivity index is 2.58. The van der Waals surface area contributed by atoms with Crippen LogP contribution in [0, 0.1) is 0 Å². The van der Waals surface area contributed by atoms with E-state index in [2.05, 4.69) is 24.6 Å². The highest BCUT2D eigenvalue weighted by Crippen LogP contribution is 2.17. The lowest BCUT2D eigenvalue weighted by atomic mass is 10.4. The molecule has 0 amide bonds. The fourth-order valence-electron chi connectivity index (χ4n) is 0.812. The predicted molar refractivity (Wildman–Crippen MR) is 43.2 cm³/mol. The van der Waals surface area contributed by atoms with Crippen LogP contribution in [0.1, 0.15) is 0 Å². The molecule has 0 saturated carbocycles. The molecule has 13 heavy (non-hydrogen) atoms. The molecular formula is C6H3ClN4O2. The molecule has 2 aromatic rings. The molecular weight excluding hydrogens is 196 g/mol. The molecule has 0 aliphatic carbocycles. The van der Waals surface area contributed by atoms with Gasteiger partial charge in [-0.2, -0.15) is 0 Å². The first kappa shape index (κ1) is 7.93. The van der Waals surface area contributed by atoms with Crippen molar-refractivity contribution in [3.63, 3.8) is 0 Å². The van der Waals surface area contributed by atoms with Crippen molar-refractivity contribution in [2.75, 3.05) is 0 Å². The van der Waals surface area contributed by atoms with Gasteiger partial charge in [-0.1, -0.05) is 16.8 Å². The second-order valence-electron chi connectivity index (χ2n) is 2.14. The van der Waals surface area contributed by atoms with Crippen LogP contribution in [-0.2, 0) is 0 Å². The standard InChI is InChI=1S/C6H3ClN4O2/c7-4-3(8-1-2-9-4)5-10-6(12)13-11-5/h1-2H,(H,10,11,12). The Bertz CT molecular complexity index is 477. The lowest BCUT2D eigenvalue weighted by Gasteiger charge is -1.93. The molecule has 66 valence electrons. The first-order valence-electron chi connectivity index (χ1n) is 3.30. The van der Waals surface area contributed by atoms with Gasteiger partial charge in [0.15, 0.2) is 5.15 Å². The summed E-state index contributed by atoms with van der Waals surface area (Å²) >= 11 is 5.69. The van der Waals surface area contributed by atoms with Crippen molar-refractivity contribution in [1.29, 1.82) is 0 Å². The first-order valence-corrected chi connectivity index (χ1v) is 3.68. The Kier molecular flexibility index (Phi) is 1.82. The van der Waals surface area contributed by atoms with Crippen molar-refractivity contribution in [2.45, 2.75) is 0 Å². The van der Waals surface area contributed by atoms with Crippen LogP contribution in [0.15, 0.2) is 21.7 Å².